The van der Waals surface area contributed by atoms with E-state index in [0.29, 0.717) is 6.54 Å². The van der Waals surface area contributed by atoms with E-state index >= 15 is 0 Å². The van der Waals surface area contributed by atoms with E-state index in [2.05, 4.69) is 9.80 Å². The summed E-state index contributed by atoms with van der Waals surface area (Å²) in [6.07, 6.45) is 0. The largest absolute Gasteiger partial charge is 0.481 e. The lowest BCUT2D eigenvalue weighted by Crippen LogP contribution is -2.50. The lowest BCUT2D eigenvalue weighted by Gasteiger charge is -2.38. The minimum atomic E-state index is -0.738. The quantitative estimate of drug-likeness (QED) is 0.816. The first kappa shape index (κ1) is 14.7. The van der Waals surface area contributed by atoms with Crippen LogP contribution in [-0.2, 0) is 4.79 Å². The third-order valence-corrected chi connectivity index (χ3v) is 3.83. The number of nitrogens with two attached hydrogens (primary N) is 1. The SMILES string of the molecule is CC(C)(CN1CCN(c2ccc(N)cc2)CC1)C(=O)O. The average Bonchev–Trinajstić information content (AvgIpc) is 2.40. The number of carboxylic acids is 1. The Morgan fingerprint density at radius 1 is 1.20 bits per heavy atom. The van der Waals surface area contributed by atoms with Crippen molar-refractivity contribution in [3.05, 3.63) is 24.3 Å². The van der Waals surface area contributed by atoms with E-state index in [9.17, 15) is 9.90 Å². The Hall–Kier alpha value is -1.75. The molecule has 0 aromatic heterocycles. The molecule has 5 heteroatoms. The van der Waals surface area contributed by atoms with Crippen LogP contribution in [0.15, 0.2) is 24.3 Å². The predicted octanol–water partition coefficient (Wildman–Crippen LogP) is 1.50. The molecule has 1 aromatic rings. The number of carbonyl (C=O) groups is 1. The maximum absolute atomic E-state index is 11.2. The summed E-state index contributed by atoms with van der Waals surface area (Å²) in [7, 11) is 0. The molecular weight excluding hydrogens is 254 g/mol. The first-order valence-electron chi connectivity index (χ1n) is 6.95. The second-order valence-electron chi connectivity index (χ2n) is 6.04. The highest BCUT2D eigenvalue weighted by molar-refractivity contribution is 5.73. The van der Waals surface area contributed by atoms with Crippen molar-refractivity contribution in [2.75, 3.05) is 43.4 Å². The molecule has 0 saturated carbocycles. The van der Waals surface area contributed by atoms with E-state index in [-0.39, 0.29) is 0 Å². The van der Waals surface area contributed by atoms with Crippen molar-refractivity contribution < 1.29 is 9.90 Å². The Balaban J connectivity index is 1.89. The maximum Gasteiger partial charge on any atom is 0.310 e. The minimum Gasteiger partial charge on any atom is -0.481 e. The van der Waals surface area contributed by atoms with Gasteiger partial charge in [0.1, 0.15) is 0 Å². The Morgan fingerprint density at radius 2 is 1.75 bits per heavy atom. The Labute approximate surface area is 120 Å². The molecule has 0 bridgehead atoms. The van der Waals surface area contributed by atoms with Gasteiger partial charge in [0, 0.05) is 44.1 Å². The van der Waals surface area contributed by atoms with Gasteiger partial charge in [-0.25, -0.2) is 0 Å². The van der Waals surface area contributed by atoms with E-state index in [4.69, 9.17) is 5.73 Å². The number of anilines is 2. The smallest absolute Gasteiger partial charge is 0.310 e. The molecule has 110 valence electrons. The van der Waals surface area contributed by atoms with Gasteiger partial charge in [0.05, 0.1) is 5.41 Å². The molecule has 0 unspecified atom stereocenters. The molecule has 1 aliphatic rings. The minimum absolute atomic E-state index is 0.595. The van der Waals surface area contributed by atoms with Gasteiger partial charge >= 0.3 is 5.97 Å². The van der Waals surface area contributed by atoms with Crippen molar-refractivity contribution in [2.24, 2.45) is 5.41 Å². The van der Waals surface area contributed by atoms with E-state index < -0.39 is 11.4 Å². The topological polar surface area (TPSA) is 69.8 Å². The fraction of sp³-hybridized carbons (Fsp3) is 0.533. The van der Waals surface area contributed by atoms with Crippen LogP contribution in [-0.4, -0.2) is 48.7 Å². The molecule has 1 aliphatic heterocycles. The molecular formula is C15H23N3O2. The highest BCUT2D eigenvalue weighted by Gasteiger charge is 2.31. The van der Waals surface area contributed by atoms with Gasteiger partial charge in [-0.15, -0.1) is 0 Å². The Kier molecular flexibility index (Phi) is 4.18. The number of hydrogen-bond acceptors (Lipinski definition) is 4. The molecule has 1 fully saturated rings. The molecule has 1 heterocycles. The van der Waals surface area contributed by atoms with Crippen LogP contribution >= 0.6 is 0 Å². The predicted molar refractivity (Wildman–Crippen MR) is 80.9 cm³/mol. The van der Waals surface area contributed by atoms with Crippen LogP contribution in [0, 0.1) is 5.41 Å². The van der Waals surface area contributed by atoms with Crippen LogP contribution in [0.4, 0.5) is 11.4 Å². The number of piperazine rings is 1. The van der Waals surface area contributed by atoms with Gasteiger partial charge in [-0.05, 0) is 38.1 Å². The third-order valence-electron chi connectivity index (χ3n) is 3.83. The van der Waals surface area contributed by atoms with Crippen LogP contribution < -0.4 is 10.6 Å². The van der Waals surface area contributed by atoms with Crippen molar-refractivity contribution in [1.82, 2.24) is 4.90 Å². The van der Waals surface area contributed by atoms with Crippen LogP contribution in [0.3, 0.4) is 0 Å². The fourth-order valence-electron chi connectivity index (χ4n) is 2.48. The van der Waals surface area contributed by atoms with Crippen LogP contribution in [0.5, 0.6) is 0 Å². The first-order valence-corrected chi connectivity index (χ1v) is 6.95. The van der Waals surface area contributed by atoms with Gasteiger partial charge in [-0.3, -0.25) is 9.69 Å². The second kappa shape index (κ2) is 5.71. The second-order valence-corrected chi connectivity index (χ2v) is 6.04. The van der Waals surface area contributed by atoms with E-state index in [1.54, 1.807) is 13.8 Å². The number of benzene rings is 1. The number of nitrogen functional groups attached to an aromatic ring is 1. The monoisotopic (exact) mass is 277 g/mol. The van der Waals surface area contributed by atoms with Gasteiger partial charge in [0.2, 0.25) is 0 Å². The van der Waals surface area contributed by atoms with Crippen LogP contribution in [0.2, 0.25) is 0 Å². The number of carboxylic acid groups (broad SMARTS) is 1. The summed E-state index contributed by atoms with van der Waals surface area (Å²) >= 11 is 0. The lowest BCUT2D eigenvalue weighted by molar-refractivity contribution is -0.148. The molecule has 5 nitrogen and oxygen atoms in total. The summed E-state index contributed by atoms with van der Waals surface area (Å²) in [4.78, 5) is 15.7. The van der Waals surface area contributed by atoms with E-state index in [1.807, 2.05) is 24.3 Å². The summed E-state index contributed by atoms with van der Waals surface area (Å²) in [6, 6.07) is 7.89. The van der Waals surface area contributed by atoms with Gasteiger partial charge in [-0.2, -0.15) is 0 Å². The van der Waals surface area contributed by atoms with Gasteiger partial charge in [0.15, 0.2) is 0 Å². The summed E-state index contributed by atoms with van der Waals surface area (Å²) in [5, 5.41) is 9.18. The molecule has 3 N–H and O–H groups in total. The molecule has 0 amide bonds. The van der Waals surface area contributed by atoms with Crippen molar-refractivity contribution in [2.45, 2.75) is 13.8 Å². The maximum atomic E-state index is 11.2. The van der Waals surface area contributed by atoms with Crippen molar-refractivity contribution >= 4 is 17.3 Å². The molecule has 0 aliphatic carbocycles. The zero-order valence-corrected chi connectivity index (χ0v) is 12.2. The summed E-state index contributed by atoms with van der Waals surface area (Å²) in [5.41, 5.74) is 6.95. The summed E-state index contributed by atoms with van der Waals surface area (Å²) in [6.45, 7) is 7.77. The fourth-order valence-corrected chi connectivity index (χ4v) is 2.48. The van der Waals surface area contributed by atoms with Gasteiger partial charge in [-0.1, -0.05) is 0 Å². The van der Waals surface area contributed by atoms with Crippen molar-refractivity contribution in [3.63, 3.8) is 0 Å². The standard InChI is InChI=1S/C15H23N3O2/c1-15(2,14(19)20)11-17-7-9-18(10-8-17)13-5-3-12(16)4-6-13/h3-6H,7-11,16H2,1-2H3,(H,19,20). The number of nitrogens with zero attached hydrogens (tertiary/aromatic N) is 2. The summed E-state index contributed by atoms with van der Waals surface area (Å²) in [5.74, 6) is -0.738. The van der Waals surface area contributed by atoms with Crippen LogP contribution in [0.25, 0.3) is 0 Å². The van der Waals surface area contributed by atoms with Gasteiger partial charge < -0.3 is 15.7 Å². The van der Waals surface area contributed by atoms with Gasteiger partial charge in [0.25, 0.3) is 0 Å². The molecule has 20 heavy (non-hydrogen) atoms. The van der Waals surface area contributed by atoms with Crippen molar-refractivity contribution in [3.8, 4) is 0 Å². The molecule has 0 radical (unpaired) electrons. The molecule has 1 saturated heterocycles. The van der Waals surface area contributed by atoms with E-state index in [1.165, 1.54) is 5.69 Å². The Bertz CT molecular complexity index is 463. The zero-order chi connectivity index (χ0) is 14.8. The first-order chi connectivity index (χ1) is 9.38. The molecule has 2 rings (SSSR count). The van der Waals surface area contributed by atoms with Crippen LogP contribution in [0.1, 0.15) is 13.8 Å². The van der Waals surface area contributed by atoms with Crippen molar-refractivity contribution in [1.29, 1.82) is 0 Å². The Morgan fingerprint density at radius 3 is 2.25 bits per heavy atom. The number of rotatable bonds is 4. The summed E-state index contributed by atoms with van der Waals surface area (Å²) < 4.78 is 0. The van der Waals surface area contributed by atoms with E-state index in [0.717, 1.165) is 31.9 Å². The highest BCUT2D eigenvalue weighted by atomic mass is 16.4. The zero-order valence-electron chi connectivity index (χ0n) is 12.2. The lowest BCUT2D eigenvalue weighted by atomic mass is 9.93. The third kappa shape index (κ3) is 3.42. The number of aliphatic carboxylic acids is 1. The normalized spacial score (nSPS) is 17.2. The molecule has 0 spiro atoms. The number of hydrogen-bond donors (Lipinski definition) is 2. The average molecular weight is 277 g/mol. The molecule has 1 aromatic carbocycles. The highest BCUT2D eigenvalue weighted by Crippen LogP contribution is 2.21. The molecule has 0 atom stereocenters.